The Morgan fingerprint density at radius 1 is 1.15 bits per heavy atom. The van der Waals surface area contributed by atoms with Crippen molar-refractivity contribution in [3.63, 3.8) is 0 Å². The Labute approximate surface area is 169 Å². The summed E-state index contributed by atoms with van der Waals surface area (Å²) in [4.78, 5) is 12.1. The summed E-state index contributed by atoms with van der Waals surface area (Å²) >= 11 is 3.49. The van der Waals surface area contributed by atoms with Crippen LogP contribution in [0.4, 0.5) is 5.69 Å². The molecular formula is C21H27BrN2O3. The highest BCUT2D eigenvalue weighted by atomic mass is 79.9. The van der Waals surface area contributed by atoms with Gasteiger partial charge in [0.1, 0.15) is 5.75 Å². The lowest BCUT2D eigenvalue weighted by Gasteiger charge is -2.13. The molecule has 0 spiro atoms. The molecule has 0 atom stereocenters. The van der Waals surface area contributed by atoms with E-state index in [0.29, 0.717) is 12.3 Å². The summed E-state index contributed by atoms with van der Waals surface area (Å²) in [7, 11) is 0. The van der Waals surface area contributed by atoms with Crippen molar-refractivity contribution in [1.82, 2.24) is 5.32 Å². The number of amides is 1. The van der Waals surface area contributed by atoms with Gasteiger partial charge in [-0.25, -0.2) is 0 Å². The van der Waals surface area contributed by atoms with E-state index in [-0.39, 0.29) is 12.5 Å². The van der Waals surface area contributed by atoms with Gasteiger partial charge in [-0.2, -0.15) is 0 Å². The normalized spacial score (nSPS) is 10.6. The fourth-order valence-electron chi connectivity index (χ4n) is 2.47. The SMILES string of the molecule is CCOCCCNCc1cc(Br)ccc1OCC(=O)Nc1ccc(C)cc1. The van der Waals surface area contributed by atoms with Gasteiger partial charge in [-0.3, -0.25) is 4.79 Å². The molecule has 146 valence electrons. The maximum Gasteiger partial charge on any atom is 0.262 e. The van der Waals surface area contributed by atoms with E-state index in [2.05, 4.69) is 26.6 Å². The van der Waals surface area contributed by atoms with Crippen LogP contribution in [0.25, 0.3) is 0 Å². The molecule has 27 heavy (non-hydrogen) atoms. The minimum absolute atomic E-state index is 0.0349. The summed E-state index contributed by atoms with van der Waals surface area (Å²) in [5, 5.41) is 6.22. The molecule has 0 saturated carbocycles. The van der Waals surface area contributed by atoms with Gasteiger partial charge in [-0.15, -0.1) is 0 Å². The van der Waals surface area contributed by atoms with Crippen LogP contribution in [0.5, 0.6) is 5.75 Å². The summed E-state index contributed by atoms with van der Waals surface area (Å²) in [6.45, 7) is 6.99. The van der Waals surface area contributed by atoms with Crippen LogP contribution in [-0.4, -0.2) is 32.3 Å². The maximum absolute atomic E-state index is 12.1. The topological polar surface area (TPSA) is 59.6 Å². The zero-order valence-electron chi connectivity index (χ0n) is 15.9. The second kappa shape index (κ2) is 11.7. The van der Waals surface area contributed by atoms with E-state index in [1.54, 1.807) is 0 Å². The third-order valence-electron chi connectivity index (χ3n) is 3.88. The van der Waals surface area contributed by atoms with Crippen LogP contribution in [0.2, 0.25) is 0 Å². The Morgan fingerprint density at radius 2 is 1.93 bits per heavy atom. The molecule has 0 heterocycles. The van der Waals surface area contributed by atoms with Crippen LogP contribution in [0.3, 0.4) is 0 Å². The van der Waals surface area contributed by atoms with E-state index >= 15 is 0 Å². The molecule has 0 unspecified atom stereocenters. The van der Waals surface area contributed by atoms with Crippen LogP contribution in [0.1, 0.15) is 24.5 Å². The third kappa shape index (κ3) is 8.12. The van der Waals surface area contributed by atoms with Gasteiger partial charge in [0, 0.05) is 35.5 Å². The molecule has 0 aliphatic carbocycles. The van der Waals surface area contributed by atoms with Crippen LogP contribution in [0.15, 0.2) is 46.9 Å². The van der Waals surface area contributed by atoms with E-state index < -0.39 is 0 Å². The van der Waals surface area contributed by atoms with E-state index in [1.165, 1.54) is 0 Å². The minimum Gasteiger partial charge on any atom is -0.483 e. The monoisotopic (exact) mass is 434 g/mol. The molecular weight excluding hydrogens is 408 g/mol. The summed E-state index contributed by atoms with van der Waals surface area (Å²) < 4.78 is 12.1. The van der Waals surface area contributed by atoms with Crippen LogP contribution < -0.4 is 15.4 Å². The maximum atomic E-state index is 12.1. The molecule has 0 bridgehead atoms. The zero-order valence-corrected chi connectivity index (χ0v) is 17.5. The number of anilines is 1. The first kappa shape index (κ1) is 21.4. The molecule has 1 amide bonds. The molecule has 0 aliphatic heterocycles. The Balaban J connectivity index is 1.83. The average Bonchev–Trinajstić information content (AvgIpc) is 2.65. The van der Waals surface area contributed by atoms with Gasteiger partial charge >= 0.3 is 0 Å². The molecule has 5 nitrogen and oxygen atoms in total. The third-order valence-corrected chi connectivity index (χ3v) is 4.37. The van der Waals surface area contributed by atoms with Gasteiger partial charge in [0.2, 0.25) is 0 Å². The lowest BCUT2D eigenvalue weighted by Crippen LogP contribution is -2.21. The van der Waals surface area contributed by atoms with Gasteiger partial charge in [0.15, 0.2) is 6.61 Å². The second-order valence-electron chi connectivity index (χ2n) is 6.18. The molecule has 6 heteroatoms. The molecule has 0 radical (unpaired) electrons. The Hall–Kier alpha value is -1.89. The number of hydrogen-bond acceptors (Lipinski definition) is 4. The molecule has 0 aliphatic rings. The number of rotatable bonds is 11. The Morgan fingerprint density at radius 3 is 2.67 bits per heavy atom. The Bertz CT molecular complexity index is 720. The lowest BCUT2D eigenvalue weighted by molar-refractivity contribution is -0.118. The fourth-order valence-corrected chi connectivity index (χ4v) is 2.88. The quantitative estimate of drug-likeness (QED) is 0.517. The fraction of sp³-hybridized carbons (Fsp3) is 0.381. The number of benzene rings is 2. The molecule has 0 fully saturated rings. The molecule has 0 aromatic heterocycles. The molecule has 2 N–H and O–H groups in total. The van der Waals surface area contributed by atoms with Crippen molar-refractivity contribution in [2.24, 2.45) is 0 Å². The highest BCUT2D eigenvalue weighted by Gasteiger charge is 2.08. The van der Waals surface area contributed by atoms with Crippen LogP contribution >= 0.6 is 15.9 Å². The average molecular weight is 435 g/mol. The Kier molecular flexibility index (Phi) is 9.31. The van der Waals surface area contributed by atoms with Crippen LogP contribution in [0, 0.1) is 6.92 Å². The summed E-state index contributed by atoms with van der Waals surface area (Å²) in [5.74, 6) is 0.520. The largest absolute Gasteiger partial charge is 0.483 e. The van der Waals surface area contributed by atoms with Gasteiger partial charge in [-0.1, -0.05) is 33.6 Å². The highest BCUT2D eigenvalue weighted by Crippen LogP contribution is 2.23. The smallest absolute Gasteiger partial charge is 0.262 e. The second-order valence-corrected chi connectivity index (χ2v) is 7.10. The van der Waals surface area contributed by atoms with Gasteiger partial charge in [-0.05, 0) is 57.1 Å². The van der Waals surface area contributed by atoms with Crippen molar-refractivity contribution in [2.75, 3.05) is 31.7 Å². The number of halogens is 1. The highest BCUT2D eigenvalue weighted by molar-refractivity contribution is 9.10. The number of hydrogen-bond donors (Lipinski definition) is 2. The summed E-state index contributed by atoms with van der Waals surface area (Å²) in [6, 6.07) is 13.5. The summed E-state index contributed by atoms with van der Waals surface area (Å²) in [5.41, 5.74) is 2.92. The first-order valence-electron chi connectivity index (χ1n) is 9.14. The van der Waals surface area contributed by atoms with E-state index in [1.807, 2.05) is 56.3 Å². The predicted octanol–water partition coefficient (Wildman–Crippen LogP) is 4.29. The van der Waals surface area contributed by atoms with Crippen molar-refractivity contribution in [1.29, 1.82) is 0 Å². The number of carbonyl (C=O) groups is 1. The number of carbonyl (C=O) groups excluding carboxylic acids is 1. The van der Waals surface area contributed by atoms with Crippen molar-refractivity contribution in [2.45, 2.75) is 26.8 Å². The van der Waals surface area contributed by atoms with E-state index in [4.69, 9.17) is 9.47 Å². The zero-order chi connectivity index (χ0) is 19.5. The van der Waals surface area contributed by atoms with Gasteiger partial charge in [0.25, 0.3) is 5.91 Å². The van der Waals surface area contributed by atoms with Crippen molar-refractivity contribution >= 4 is 27.5 Å². The molecule has 2 aromatic rings. The number of ether oxygens (including phenoxy) is 2. The van der Waals surface area contributed by atoms with Gasteiger partial charge < -0.3 is 20.1 Å². The molecule has 2 rings (SSSR count). The first-order chi connectivity index (χ1) is 13.1. The summed E-state index contributed by atoms with van der Waals surface area (Å²) in [6.07, 6.45) is 0.955. The minimum atomic E-state index is -0.183. The molecule has 0 saturated heterocycles. The lowest BCUT2D eigenvalue weighted by atomic mass is 10.2. The number of aryl methyl sites for hydroxylation is 1. The van der Waals surface area contributed by atoms with Crippen molar-refractivity contribution in [3.05, 3.63) is 58.1 Å². The molecule has 2 aromatic carbocycles. The standard InChI is InChI=1S/C21H27BrN2O3/c1-3-26-12-4-11-23-14-17-13-18(22)7-10-20(17)27-15-21(25)24-19-8-5-16(2)6-9-19/h5-10,13,23H,3-4,11-12,14-15H2,1-2H3,(H,24,25). The van der Waals surface area contributed by atoms with Crippen molar-refractivity contribution in [3.8, 4) is 5.75 Å². The van der Waals surface area contributed by atoms with E-state index in [0.717, 1.165) is 47.5 Å². The van der Waals surface area contributed by atoms with E-state index in [9.17, 15) is 4.79 Å². The van der Waals surface area contributed by atoms with Crippen LogP contribution in [-0.2, 0) is 16.1 Å². The van der Waals surface area contributed by atoms with Gasteiger partial charge in [0.05, 0.1) is 0 Å². The van der Waals surface area contributed by atoms with Crippen molar-refractivity contribution < 1.29 is 14.3 Å². The first-order valence-corrected chi connectivity index (χ1v) is 9.94. The number of nitrogens with one attached hydrogen (secondary N) is 2. The predicted molar refractivity (Wildman–Crippen MR) is 112 cm³/mol.